The van der Waals surface area contributed by atoms with E-state index in [1.807, 2.05) is 12.3 Å². The van der Waals surface area contributed by atoms with Gasteiger partial charge >= 0.3 is 0 Å². The third-order valence-electron chi connectivity index (χ3n) is 4.29. The van der Waals surface area contributed by atoms with E-state index in [0.29, 0.717) is 6.04 Å². The molecular weight excluding hydrogens is 258 g/mol. The van der Waals surface area contributed by atoms with Gasteiger partial charge in [0.2, 0.25) is 0 Å². The zero-order valence-electron chi connectivity index (χ0n) is 12.9. The summed E-state index contributed by atoms with van der Waals surface area (Å²) in [6, 6.07) is 15.4. The number of hydrogen-bond donors (Lipinski definition) is 0. The number of benzene rings is 1. The molecule has 0 bridgehead atoms. The number of piperazine rings is 1. The first-order valence-corrected chi connectivity index (χ1v) is 7.73. The lowest BCUT2D eigenvalue weighted by Crippen LogP contribution is -2.47. The molecule has 1 aromatic heterocycles. The predicted molar refractivity (Wildman–Crippen MR) is 87.6 cm³/mol. The van der Waals surface area contributed by atoms with Crippen molar-refractivity contribution in [3.63, 3.8) is 0 Å². The first kappa shape index (κ1) is 14.1. The maximum atomic E-state index is 4.68. The van der Waals surface area contributed by atoms with Gasteiger partial charge in [-0.2, -0.15) is 0 Å². The minimum atomic E-state index is 0.380. The summed E-state index contributed by atoms with van der Waals surface area (Å²) >= 11 is 0. The van der Waals surface area contributed by atoms with Crippen LogP contribution in [0.15, 0.2) is 48.7 Å². The molecule has 1 atom stereocenters. The van der Waals surface area contributed by atoms with Crippen molar-refractivity contribution in [3.8, 4) is 0 Å². The average molecular weight is 281 g/mol. The molecule has 1 aliphatic heterocycles. The molecule has 3 nitrogen and oxygen atoms in total. The number of aryl methyl sites for hydroxylation is 1. The van der Waals surface area contributed by atoms with Crippen LogP contribution in [0.2, 0.25) is 0 Å². The molecule has 0 amide bonds. The van der Waals surface area contributed by atoms with Gasteiger partial charge in [-0.3, -0.25) is 0 Å². The predicted octanol–water partition coefficient (Wildman–Crippen LogP) is 3.14. The van der Waals surface area contributed by atoms with Crippen molar-refractivity contribution in [2.45, 2.75) is 19.4 Å². The third-order valence-corrected chi connectivity index (χ3v) is 4.29. The lowest BCUT2D eigenvalue weighted by atomic mass is 10.0. The van der Waals surface area contributed by atoms with Gasteiger partial charge in [0.1, 0.15) is 5.82 Å². The zero-order valence-corrected chi connectivity index (χ0v) is 12.9. The molecular formula is C18H23N3. The number of pyridine rings is 1. The second-order valence-electron chi connectivity index (χ2n) is 5.72. The standard InChI is InChI=1S/C18H23N3/c1-3-15-10-7-11-19-18(15)21-13-12-20(2)14-17(21)16-8-5-4-6-9-16/h4-11,17H,3,12-14H2,1-2H3. The van der Waals surface area contributed by atoms with Crippen molar-refractivity contribution in [3.05, 3.63) is 59.8 Å². The Kier molecular flexibility index (Phi) is 4.20. The topological polar surface area (TPSA) is 19.4 Å². The molecule has 2 aromatic rings. The first-order chi connectivity index (χ1) is 10.3. The molecule has 3 heteroatoms. The van der Waals surface area contributed by atoms with E-state index in [1.165, 1.54) is 11.1 Å². The van der Waals surface area contributed by atoms with Crippen molar-refractivity contribution in [1.29, 1.82) is 0 Å². The Morgan fingerprint density at radius 3 is 2.67 bits per heavy atom. The Morgan fingerprint density at radius 1 is 1.10 bits per heavy atom. The summed E-state index contributed by atoms with van der Waals surface area (Å²) < 4.78 is 0. The van der Waals surface area contributed by atoms with E-state index in [0.717, 1.165) is 31.9 Å². The van der Waals surface area contributed by atoms with Crippen LogP contribution in [0.5, 0.6) is 0 Å². The number of likely N-dealkylation sites (N-methyl/N-ethyl adjacent to an activating group) is 1. The van der Waals surface area contributed by atoms with E-state index in [2.05, 4.69) is 65.2 Å². The summed E-state index contributed by atoms with van der Waals surface area (Å²) in [5, 5.41) is 0. The molecule has 0 radical (unpaired) electrons. The highest BCUT2D eigenvalue weighted by molar-refractivity contribution is 5.50. The van der Waals surface area contributed by atoms with Crippen LogP contribution in [0, 0.1) is 0 Å². The van der Waals surface area contributed by atoms with Gasteiger partial charge in [0.25, 0.3) is 0 Å². The molecule has 0 saturated carbocycles. The van der Waals surface area contributed by atoms with Crippen LogP contribution in [0.3, 0.4) is 0 Å². The van der Waals surface area contributed by atoms with Gasteiger partial charge in [0, 0.05) is 25.8 Å². The highest BCUT2D eigenvalue weighted by Gasteiger charge is 2.28. The fourth-order valence-electron chi connectivity index (χ4n) is 3.10. The van der Waals surface area contributed by atoms with E-state index in [9.17, 15) is 0 Å². The Balaban J connectivity index is 1.98. The van der Waals surface area contributed by atoms with Gasteiger partial charge in [0.05, 0.1) is 6.04 Å². The number of nitrogens with zero attached hydrogens (tertiary/aromatic N) is 3. The van der Waals surface area contributed by atoms with E-state index in [4.69, 9.17) is 0 Å². The lowest BCUT2D eigenvalue weighted by molar-refractivity contribution is 0.268. The highest BCUT2D eigenvalue weighted by atomic mass is 15.3. The molecule has 1 aliphatic rings. The molecule has 21 heavy (non-hydrogen) atoms. The lowest BCUT2D eigenvalue weighted by Gasteiger charge is -2.41. The minimum absolute atomic E-state index is 0.380. The summed E-state index contributed by atoms with van der Waals surface area (Å²) in [4.78, 5) is 9.57. The molecule has 0 spiro atoms. The summed E-state index contributed by atoms with van der Waals surface area (Å²) in [6.07, 6.45) is 2.94. The Bertz CT molecular complexity index is 582. The number of hydrogen-bond acceptors (Lipinski definition) is 3. The molecule has 1 aromatic carbocycles. The number of rotatable bonds is 3. The van der Waals surface area contributed by atoms with Crippen molar-refractivity contribution in [2.75, 3.05) is 31.6 Å². The SMILES string of the molecule is CCc1cccnc1N1CCN(C)CC1c1ccccc1. The molecule has 0 aliphatic carbocycles. The summed E-state index contributed by atoms with van der Waals surface area (Å²) in [5.41, 5.74) is 2.71. The van der Waals surface area contributed by atoms with Crippen molar-refractivity contribution in [2.24, 2.45) is 0 Å². The van der Waals surface area contributed by atoms with Crippen molar-refractivity contribution in [1.82, 2.24) is 9.88 Å². The van der Waals surface area contributed by atoms with E-state index < -0.39 is 0 Å². The molecule has 1 fully saturated rings. The molecule has 1 saturated heterocycles. The summed E-state index contributed by atoms with van der Waals surface area (Å²) in [7, 11) is 2.20. The third kappa shape index (κ3) is 2.93. The Labute approximate surface area is 127 Å². The van der Waals surface area contributed by atoms with E-state index in [1.54, 1.807) is 0 Å². The van der Waals surface area contributed by atoms with Gasteiger partial charge in [-0.05, 0) is 30.7 Å². The second kappa shape index (κ2) is 6.27. The molecule has 110 valence electrons. The summed E-state index contributed by atoms with van der Waals surface area (Å²) in [5.74, 6) is 1.15. The maximum absolute atomic E-state index is 4.68. The van der Waals surface area contributed by atoms with E-state index in [-0.39, 0.29) is 0 Å². The van der Waals surface area contributed by atoms with Crippen LogP contribution < -0.4 is 4.90 Å². The maximum Gasteiger partial charge on any atom is 0.132 e. The zero-order chi connectivity index (χ0) is 14.7. The van der Waals surface area contributed by atoms with Gasteiger partial charge in [0.15, 0.2) is 0 Å². The number of anilines is 1. The van der Waals surface area contributed by atoms with Gasteiger partial charge in [-0.1, -0.05) is 43.3 Å². The van der Waals surface area contributed by atoms with Crippen LogP contribution in [0.1, 0.15) is 24.1 Å². The highest BCUT2D eigenvalue weighted by Crippen LogP contribution is 2.31. The van der Waals surface area contributed by atoms with Gasteiger partial charge in [-0.25, -0.2) is 4.98 Å². The monoisotopic (exact) mass is 281 g/mol. The fraction of sp³-hybridized carbons (Fsp3) is 0.389. The van der Waals surface area contributed by atoms with Crippen molar-refractivity contribution < 1.29 is 0 Å². The van der Waals surface area contributed by atoms with E-state index >= 15 is 0 Å². The molecule has 3 rings (SSSR count). The normalized spacial score (nSPS) is 19.7. The van der Waals surface area contributed by atoms with Crippen LogP contribution in [-0.4, -0.2) is 36.6 Å². The number of aromatic nitrogens is 1. The van der Waals surface area contributed by atoms with Gasteiger partial charge < -0.3 is 9.80 Å². The van der Waals surface area contributed by atoms with Gasteiger partial charge in [-0.15, -0.1) is 0 Å². The average Bonchev–Trinajstić information content (AvgIpc) is 2.55. The van der Waals surface area contributed by atoms with Crippen molar-refractivity contribution >= 4 is 5.82 Å². The quantitative estimate of drug-likeness (QED) is 0.861. The van der Waals surface area contributed by atoms with Crippen LogP contribution >= 0.6 is 0 Å². The second-order valence-corrected chi connectivity index (χ2v) is 5.72. The fourth-order valence-corrected chi connectivity index (χ4v) is 3.10. The van der Waals surface area contributed by atoms with Crippen LogP contribution in [0.25, 0.3) is 0 Å². The Hall–Kier alpha value is -1.87. The molecule has 0 N–H and O–H groups in total. The van der Waals surface area contributed by atoms with Crippen LogP contribution in [0.4, 0.5) is 5.82 Å². The smallest absolute Gasteiger partial charge is 0.132 e. The molecule has 1 unspecified atom stereocenters. The first-order valence-electron chi connectivity index (χ1n) is 7.73. The summed E-state index contributed by atoms with van der Waals surface area (Å²) in [6.45, 7) is 5.36. The Morgan fingerprint density at radius 2 is 1.90 bits per heavy atom. The molecule has 2 heterocycles. The minimum Gasteiger partial charge on any atom is -0.347 e. The van der Waals surface area contributed by atoms with Crippen LogP contribution in [-0.2, 0) is 6.42 Å². The largest absolute Gasteiger partial charge is 0.347 e.